The van der Waals surface area contributed by atoms with E-state index in [4.69, 9.17) is 0 Å². The van der Waals surface area contributed by atoms with Crippen LogP contribution in [0, 0.1) is 0 Å². The molecular formula is C8H13Br. The van der Waals surface area contributed by atoms with Crippen molar-refractivity contribution in [3.05, 3.63) is 24.3 Å². The predicted octanol–water partition coefficient (Wildman–Crippen LogP) is 3.29. The van der Waals surface area contributed by atoms with Crippen molar-refractivity contribution in [2.24, 2.45) is 0 Å². The number of allylic oxidation sites excluding steroid dienone is 3. The monoisotopic (exact) mass is 188 g/mol. The molecule has 0 radical (unpaired) electrons. The molecule has 0 aliphatic rings. The molecule has 0 saturated heterocycles. The SMILES string of the molecule is C=C/C=C(\CC)C(C)Br. The molecule has 0 heterocycles. The number of hydrogen-bond donors (Lipinski definition) is 0. The minimum absolute atomic E-state index is 0.487. The third-order valence-corrected chi connectivity index (χ3v) is 1.84. The summed E-state index contributed by atoms with van der Waals surface area (Å²) in [5.41, 5.74) is 1.39. The molecule has 0 aromatic rings. The first-order valence-corrected chi connectivity index (χ1v) is 4.09. The maximum absolute atomic E-state index is 3.63. The molecule has 0 amide bonds. The van der Waals surface area contributed by atoms with Crippen LogP contribution in [-0.2, 0) is 0 Å². The van der Waals surface area contributed by atoms with Crippen LogP contribution < -0.4 is 0 Å². The summed E-state index contributed by atoms with van der Waals surface area (Å²) in [6.45, 7) is 7.90. The molecule has 52 valence electrons. The maximum atomic E-state index is 3.63. The molecule has 1 heteroatoms. The summed E-state index contributed by atoms with van der Waals surface area (Å²) >= 11 is 3.49. The fraction of sp³-hybridized carbons (Fsp3) is 0.500. The van der Waals surface area contributed by atoms with Gasteiger partial charge < -0.3 is 0 Å². The summed E-state index contributed by atoms with van der Waals surface area (Å²) in [6, 6.07) is 0. The van der Waals surface area contributed by atoms with Crippen LogP contribution in [0.25, 0.3) is 0 Å². The van der Waals surface area contributed by atoms with Gasteiger partial charge in [0.15, 0.2) is 0 Å². The molecule has 0 aliphatic heterocycles. The van der Waals surface area contributed by atoms with Crippen LogP contribution in [0.15, 0.2) is 24.3 Å². The van der Waals surface area contributed by atoms with E-state index in [0.29, 0.717) is 4.83 Å². The molecule has 0 nitrogen and oxygen atoms in total. The zero-order chi connectivity index (χ0) is 7.28. The van der Waals surface area contributed by atoms with Crippen molar-refractivity contribution in [1.29, 1.82) is 0 Å². The Morgan fingerprint density at radius 3 is 2.44 bits per heavy atom. The van der Waals surface area contributed by atoms with Crippen LogP contribution in [0.1, 0.15) is 20.3 Å². The zero-order valence-corrected chi connectivity index (χ0v) is 7.61. The molecule has 0 rings (SSSR count). The topological polar surface area (TPSA) is 0 Å². The molecule has 1 atom stereocenters. The number of rotatable bonds is 3. The molecule has 0 fully saturated rings. The Kier molecular flexibility index (Phi) is 4.78. The second-order valence-electron chi connectivity index (χ2n) is 1.95. The molecule has 0 aromatic carbocycles. The van der Waals surface area contributed by atoms with Crippen LogP contribution in [-0.4, -0.2) is 4.83 Å². The highest BCUT2D eigenvalue weighted by atomic mass is 79.9. The first-order valence-electron chi connectivity index (χ1n) is 3.18. The average molecular weight is 189 g/mol. The van der Waals surface area contributed by atoms with Gasteiger partial charge in [-0.15, -0.1) is 0 Å². The van der Waals surface area contributed by atoms with Crippen LogP contribution >= 0.6 is 15.9 Å². The summed E-state index contributed by atoms with van der Waals surface area (Å²) in [6.07, 6.45) is 4.98. The van der Waals surface area contributed by atoms with Crippen molar-refractivity contribution >= 4 is 15.9 Å². The van der Waals surface area contributed by atoms with Gasteiger partial charge in [-0.05, 0) is 13.3 Å². The van der Waals surface area contributed by atoms with E-state index >= 15 is 0 Å². The van der Waals surface area contributed by atoms with E-state index in [0.717, 1.165) is 6.42 Å². The van der Waals surface area contributed by atoms with Crippen molar-refractivity contribution in [3.8, 4) is 0 Å². The number of alkyl halides is 1. The van der Waals surface area contributed by atoms with Gasteiger partial charge in [0.05, 0.1) is 0 Å². The fourth-order valence-electron chi connectivity index (χ4n) is 0.683. The van der Waals surface area contributed by atoms with Gasteiger partial charge in [-0.25, -0.2) is 0 Å². The van der Waals surface area contributed by atoms with Crippen LogP contribution in [0.3, 0.4) is 0 Å². The van der Waals surface area contributed by atoms with Gasteiger partial charge >= 0.3 is 0 Å². The smallest absolute Gasteiger partial charge is 0.0329 e. The highest BCUT2D eigenvalue weighted by Crippen LogP contribution is 2.14. The van der Waals surface area contributed by atoms with Gasteiger partial charge in [-0.1, -0.05) is 47.2 Å². The molecule has 0 aliphatic carbocycles. The lowest BCUT2D eigenvalue weighted by molar-refractivity contribution is 1.00. The summed E-state index contributed by atoms with van der Waals surface area (Å²) in [5.74, 6) is 0. The van der Waals surface area contributed by atoms with Crippen LogP contribution in [0.5, 0.6) is 0 Å². The van der Waals surface area contributed by atoms with Gasteiger partial charge in [-0.3, -0.25) is 0 Å². The first kappa shape index (κ1) is 8.96. The Balaban J connectivity index is 3.96. The maximum Gasteiger partial charge on any atom is 0.0329 e. The van der Waals surface area contributed by atoms with Gasteiger partial charge in [-0.2, -0.15) is 0 Å². The minimum Gasteiger partial charge on any atom is -0.0991 e. The van der Waals surface area contributed by atoms with Gasteiger partial charge in [0.1, 0.15) is 0 Å². The average Bonchev–Trinajstić information content (AvgIpc) is 1.82. The molecule has 0 bridgehead atoms. The number of halogens is 1. The van der Waals surface area contributed by atoms with E-state index in [9.17, 15) is 0 Å². The Morgan fingerprint density at radius 2 is 2.33 bits per heavy atom. The third kappa shape index (κ3) is 3.52. The van der Waals surface area contributed by atoms with Crippen LogP contribution in [0.4, 0.5) is 0 Å². The predicted molar refractivity (Wildman–Crippen MR) is 47.0 cm³/mol. The molecule has 0 saturated carbocycles. The third-order valence-electron chi connectivity index (χ3n) is 1.25. The Morgan fingerprint density at radius 1 is 1.78 bits per heavy atom. The van der Waals surface area contributed by atoms with E-state index < -0.39 is 0 Å². The molecule has 0 aromatic heterocycles. The highest BCUT2D eigenvalue weighted by Gasteiger charge is 1.98. The quantitative estimate of drug-likeness (QED) is 0.472. The first-order chi connectivity index (χ1) is 4.22. The van der Waals surface area contributed by atoms with E-state index in [-0.39, 0.29) is 0 Å². The van der Waals surface area contributed by atoms with E-state index in [1.165, 1.54) is 5.57 Å². The van der Waals surface area contributed by atoms with Gasteiger partial charge in [0.25, 0.3) is 0 Å². The summed E-state index contributed by atoms with van der Waals surface area (Å²) in [4.78, 5) is 0.487. The van der Waals surface area contributed by atoms with E-state index in [1.54, 1.807) is 0 Å². The van der Waals surface area contributed by atoms with Crippen molar-refractivity contribution in [3.63, 3.8) is 0 Å². The highest BCUT2D eigenvalue weighted by molar-refractivity contribution is 9.09. The lowest BCUT2D eigenvalue weighted by atomic mass is 10.1. The van der Waals surface area contributed by atoms with Crippen molar-refractivity contribution in [2.75, 3.05) is 0 Å². The molecular weight excluding hydrogens is 176 g/mol. The van der Waals surface area contributed by atoms with Crippen molar-refractivity contribution < 1.29 is 0 Å². The fourth-order valence-corrected chi connectivity index (χ4v) is 1.16. The summed E-state index contributed by atoms with van der Waals surface area (Å²) in [5, 5.41) is 0. The standard InChI is InChI=1S/C8H13Br/c1-4-6-8(5-2)7(3)9/h4,6-7H,1,5H2,2-3H3/b8-6+. The minimum atomic E-state index is 0.487. The van der Waals surface area contributed by atoms with Gasteiger partial charge in [0.2, 0.25) is 0 Å². The van der Waals surface area contributed by atoms with Gasteiger partial charge in [0, 0.05) is 4.83 Å². The normalized spacial score (nSPS) is 15.2. The largest absolute Gasteiger partial charge is 0.0991 e. The van der Waals surface area contributed by atoms with Crippen LogP contribution in [0.2, 0.25) is 0 Å². The summed E-state index contributed by atoms with van der Waals surface area (Å²) < 4.78 is 0. The zero-order valence-electron chi connectivity index (χ0n) is 6.02. The molecule has 0 spiro atoms. The lowest BCUT2D eigenvalue weighted by Gasteiger charge is -2.03. The molecule has 0 N–H and O–H groups in total. The summed E-state index contributed by atoms with van der Waals surface area (Å²) in [7, 11) is 0. The van der Waals surface area contributed by atoms with Crippen molar-refractivity contribution in [2.45, 2.75) is 25.1 Å². The molecule has 9 heavy (non-hydrogen) atoms. The second kappa shape index (κ2) is 4.80. The Labute approximate surface area is 65.8 Å². The van der Waals surface area contributed by atoms with E-state index in [1.807, 2.05) is 6.08 Å². The Bertz CT molecular complexity index is 112. The lowest BCUT2D eigenvalue weighted by Crippen LogP contribution is -1.93. The van der Waals surface area contributed by atoms with Crippen molar-refractivity contribution in [1.82, 2.24) is 0 Å². The Hall–Kier alpha value is -0.0400. The van der Waals surface area contributed by atoms with E-state index in [2.05, 4.69) is 42.4 Å². The molecule has 1 unspecified atom stereocenters. The number of hydrogen-bond acceptors (Lipinski definition) is 0. The second-order valence-corrected chi connectivity index (χ2v) is 3.32.